The van der Waals surface area contributed by atoms with Crippen LogP contribution in [0, 0.1) is 0 Å². The van der Waals surface area contributed by atoms with E-state index in [1.54, 1.807) is 23.6 Å². The highest BCUT2D eigenvalue weighted by molar-refractivity contribution is 7.98. The third kappa shape index (κ3) is 6.87. The molecule has 1 fully saturated rings. The van der Waals surface area contributed by atoms with Gasteiger partial charge in [0.1, 0.15) is 5.82 Å². The van der Waals surface area contributed by atoms with Gasteiger partial charge in [-0.2, -0.15) is 0 Å². The molecule has 40 heavy (non-hydrogen) atoms. The van der Waals surface area contributed by atoms with Crippen LogP contribution in [-0.4, -0.2) is 64.8 Å². The summed E-state index contributed by atoms with van der Waals surface area (Å²) in [6.45, 7) is 4.61. The van der Waals surface area contributed by atoms with Gasteiger partial charge in [-0.15, -0.1) is 0 Å². The van der Waals surface area contributed by atoms with Gasteiger partial charge in [-0.05, 0) is 23.3 Å². The molecule has 8 heteroatoms. The van der Waals surface area contributed by atoms with Crippen LogP contribution >= 0.6 is 11.8 Å². The number of aromatic nitrogens is 2. The summed E-state index contributed by atoms with van der Waals surface area (Å²) in [4.78, 5) is 40.0. The minimum atomic E-state index is 0.00685. The van der Waals surface area contributed by atoms with Crippen molar-refractivity contribution in [2.24, 2.45) is 0 Å². The van der Waals surface area contributed by atoms with Gasteiger partial charge in [-0.3, -0.25) is 9.59 Å². The molecule has 0 atom stereocenters. The predicted molar refractivity (Wildman–Crippen MR) is 160 cm³/mol. The molecule has 0 aliphatic carbocycles. The number of carbonyl (C=O) groups is 2. The summed E-state index contributed by atoms with van der Waals surface area (Å²) in [7, 11) is 2.05. The summed E-state index contributed by atoms with van der Waals surface area (Å²) in [5, 5.41) is 0.708. The number of hydrogen-bond donors (Lipinski definition) is 0. The van der Waals surface area contributed by atoms with Crippen molar-refractivity contribution < 1.29 is 9.59 Å². The Kier molecular flexibility index (Phi) is 8.76. The lowest BCUT2D eigenvalue weighted by atomic mass is 10.1. The first-order valence-corrected chi connectivity index (χ1v) is 14.4. The minimum Gasteiger partial charge on any atom is -0.355 e. The molecular formula is C32H33N5O2S. The van der Waals surface area contributed by atoms with E-state index in [2.05, 4.69) is 29.2 Å². The van der Waals surface area contributed by atoms with Crippen molar-refractivity contribution in [3.05, 3.63) is 108 Å². The molecule has 0 N–H and O–H groups in total. The molecule has 0 unspecified atom stereocenters. The summed E-state index contributed by atoms with van der Waals surface area (Å²) in [6.07, 6.45) is 0. The SMILES string of the molecule is CC(=O)N1CCN(C(=O)c2ccc(CSc3nc(-c4ccccc4)cc(N(C)Cc4ccccc4)n3)cc2)CC1. The van der Waals surface area contributed by atoms with Crippen molar-refractivity contribution in [3.63, 3.8) is 0 Å². The van der Waals surface area contributed by atoms with Gasteiger partial charge in [0.05, 0.1) is 5.69 Å². The first-order chi connectivity index (χ1) is 19.5. The van der Waals surface area contributed by atoms with Crippen molar-refractivity contribution in [3.8, 4) is 11.3 Å². The van der Waals surface area contributed by atoms with Gasteiger partial charge >= 0.3 is 0 Å². The summed E-state index contributed by atoms with van der Waals surface area (Å²) in [6, 6.07) is 30.3. The Morgan fingerprint density at radius 3 is 2.08 bits per heavy atom. The lowest BCUT2D eigenvalue weighted by Crippen LogP contribution is -2.50. The molecule has 2 amide bonds. The Labute approximate surface area is 239 Å². The number of anilines is 1. The van der Waals surface area contributed by atoms with Gasteiger partial charge in [0.2, 0.25) is 5.91 Å². The lowest BCUT2D eigenvalue weighted by Gasteiger charge is -2.34. The monoisotopic (exact) mass is 551 g/mol. The van der Waals surface area contributed by atoms with E-state index in [1.165, 1.54) is 5.56 Å². The van der Waals surface area contributed by atoms with Crippen LogP contribution in [0.5, 0.6) is 0 Å². The fourth-order valence-electron chi connectivity index (χ4n) is 4.67. The largest absolute Gasteiger partial charge is 0.355 e. The first kappa shape index (κ1) is 27.4. The number of nitrogens with zero attached hydrogens (tertiary/aromatic N) is 5. The summed E-state index contributed by atoms with van der Waals surface area (Å²) in [5.74, 6) is 1.62. The van der Waals surface area contributed by atoms with E-state index >= 15 is 0 Å². The molecule has 2 heterocycles. The second-order valence-electron chi connectivity index (χ2n) is 9.89. The van der Waals surface area contributed by atoms with Crippen LogP contribution in [0.1, 0.15) is 28.4 Å². The van der Waals surface area contributed by atoms with Crippen molar-refractivity contribution in [2.45, 2.75) is 24.4 Å². The van der Waals surface area contributed by atoms with Crippen LogP contribution in [-0.2, 0) is 17.1 Å². The summed E-state index contributed by atoms with van der Waals surface area (Å²) < 4.78 is 0. The third-order valence-corrected chi connectivity index (χ3v) is 7.91. The van der Waals surface area contributed by atoms with Crippen LogP contribution in [0.25, 0.3) is 11.3 Å². The van der Waals surface area contributed by atoms with Gasteiger partial charge in [-0.1, -0.05) is 84.6 Å². The standard InChI is InChI=1S/C32H33N5O2S/c1-24(38)36-17-19-37(20-18-36)31(39)28-15-13-26(14-16-28)23-40-32-33-29(27-11-7-4-8-12-27)21-30(34-32)35(2)22-25-9-5-3-6-10-25/h3-16,21H,17-20,22-23H2,1-2H3. The van der Waals surface area contributed by atoms with E-state index in [0.717, 1.165) is 29.2 Å². The Bertz CT molecular complexity index is 1440. The average Bonchev–Trinajstić information content (AvgIpc) is 3.01. The Morgan fingerprint density at radius 2 is 1.43 bits per heavy atom. The van der Waals surface area contributed by atoms with Gasteiger partial charge in [-0.25, -0.2) is 9.97 Å². The normalized spacial score (nSPS) is 13.2. The number of carbonyl (C=O) groups excluding carboxylic acids is 2. The maximum Gasteiger partial charge on any atom is 0.253 e. The Morgan fingerprint density at radius 1 is 0.800 bits per heavy atom. The smallest absolute Gasteiger partial charge is 0.253 e. The number of piperazine rings is 1. The number of rotatable bonds is 8. The second kappa shape index (κ2) is 12.8. The molecule has 3 aromatic carbocycles. The Balaban J connectivity index is 1.28. The highest BCUT2D eigenvalue weighted by Gasteiger charge is 2.23. The minimum absolute atomic E-state index is 0.00685. The third-order valence-electron chi connectivity index (χ3n) is 7.00. The van der Waals surface area contributed by atoms with E-state index in [4.69, 9.17) is 9.97 Å². The highest BCUT2D eigenvalue weighted by atomic mass is 32.2. The maximum atomic E-state index is 13.0. The molecule has 1 aliphatic heterocycles. The van der Waals surface area contributed by atoms with Crippen LogP contribution in [0.3, 0.4) is 0 Å². The molecule has 4 aromatic rings. The molecular weight excluding hydrogens is 518 g/mol. The maximum absolute atomic E-state index is 13.0. The zero-order valence-electron chi connectivity index (χ0n) is 22.9. The quantitative estimate of drug-likeness (QED) is 0.216. The van der Waals surface area contributed by atoms with Gasteiger partial charge < -0.3 is 14.7 Å². The van der Waals surface area contributed by atoms with Crippen molar-refractivity contribution >= 4 is 29.4 Å². The van der Waals surface area contributed by atoms with E-state index in [9.17, 15) is 9.59 Å². The Hall–Kier alpha value is -4.17. The molecule has 0 spiro atoms. The zero-order chi connectivity index (χ0) is 27.9. The highest BCUT2D eigenvalue weighted by Crippen LogP contribution is 2.28. The number of benzene rings is 3. The van der Waals surface area contributed by atoms with Crippen LogP contribution in [0.4, 0.5) is 5.82 Å². The molecule has 0 radical (unpaired) electrons. The van der Waals surface area contributed by atoms with Crippen LogP contribution < -0.4 is 4.90 Å². The molecule has 204 valence electrons. The fraction of sp³-hybridized carbons (Fsp3) is 0.250. The average molecular weight is 552 g/mol. The molecule has 1 saturated heterocycles. The van der Waals surface area contributed by atoms with Gasteiger partial charge in [0.25, 0.3) is 5.91 Å². The number of hydrogen-bond acceptors (Lipinski definition) is 6. The van der Waals surface area contributed by atoms with Gasteiger partial charge in [0.15, 0.2) is 5.16 Å². The molecule has 7 nitrogen and oxygen atoms in total. The van der Waals surface area contributed by atoms with E-state index in [-0.39, 0.29) is 11.8 Å². The predicted octanol–water partition coefficient (Wildman–Crippen LogP) is 5.38. The molecule has 1 aromatic heterocycles. The molecule has 0 bridgehead atoms. The summed E-state index contributed by atoms with van der Waals surface area (Å²) >= 11 is 1.58. The number of amides is 2. The van der Waals surface area contributed by atoms with Crippen LogP contribution in [0.2, 0.25) is 0 Å². The van der Waals surface area contributed by atoms with Crippen LogP contribution in [0.15, 0.2) is 96.2 Å². The molecule has 5 rings (SSSR count). The van der Waals surface area contributed by atoms with Crippen molar-refractivity contribution in [2.75, 3.05) is 38.1 Å². The van der Waals surface area contributed by atoms with Crippen molar-refractivity contribution in [1.82, 2.24) is 19.8 Å². The number of thioether (sulfide) groups is 1. The molecule has 1 aliphatic rings. The lowest BCUT2D eigenvalue weighted by molar-refractivity contribution is -0.130. The van der Waals surface area contributed by atoms with E-state index < -0.39 is 0 Å². The van der Waals surface area contributed by atoms with Crippen molar-refractivity contribution in [1.29, 1.82) is 0 Å². The first-order valence-electron chi connectivity index (χ1n) is 13.4. The zero-order valence-corrected chi connectivity index (χ0v) is 23.7. The van der Waals surface area contributed by atoms with E-state index in [0.29, 0.717) is 42.7 Å². The fourth-order valence-corrected chi connectivity index (χ4v) is 5.48. The topological polar surface area (TPSA) is 69.6 Å². The van der Waals surface area contributed by atoms with E-state index in [1.807, 2.05) is 78.7 Å². The molecule has 0 saturated carbocycles. The van der Waals surface area contributed by atoms with Gasteiger partial charge in [0, 0.05) is 69.6 Å². The second-order valence-corrected chi connectivity index (χ2v) is 10.8. The summed E-state index contributed by atoms with van der Waals surface area (Å²) in [5.41, 5.74) is 4.91.